The number of phenols is 1. The molecule has 7 nitrogen and oxygen atoms in total. The van der Waals surface area contributed by atoms with Crippen molar-refractivity contribution in [3.05, 3.63) is 71.1 Å². The third-order valence-electron chi connectivity index (χ3n) is 4.82. The normalized spacial score (nSPS) is 14.9. The number of rotatable bonds is 6. The summed E-state index contributed by atoms with van der Waals surface area (Å²) >= 11 is 0.766. The zero-order valence-corrected chi connectivity index (χ0v) is 18.0. The number of nitrogens with one attached hydrogen (secondary N) is 1. The molecule has 0 radical (unpaired) electrons. The van der Waals surface area contributed by atoms with Gasteiger partial charge in [-0.2, -0.15) is 0 Å². The summed E-state index contributed by atoms with van der Waals surface area (Å²) in [5, 5.41) is 13.9. The number of aromatic hydroxyl groups is 1. The number of amides is 3. The zero-order chi connectivity index (χ0) is 22.7. The molecule has 0 aliphatic carbocycles. The summed E-state index contributed by atoms with van der Waals surface area (Å²) in [4.78, 5) is 38.9. The molecule has 0 aromatic heterocycles. The molecule has 3 aromatic carbocycles. The molecule has 1 aliphatic heterocycles. The molecule has 0 spiro atoms. The van der Waals surface area contributed by atoms with Gasteiger partial charge >= 0.3 is 0 Å². The fourth-order valence-electron chi connectivity index (χ4n) is 3.35. The minimum atomic E-state index is -0.542. The van der Waals surface area contributed by atoms with E-state index in [1.54, 1.807) is 25.1 Å². The van der Waals surface area contributed by atoms with E-state index >= 15 is 0 Å². The van der Waals surface area contributed by atoms with E-state index < -0.39 is 17.1 Å². The van der Waals surface area contributed by atoms with E-state index in [9.17, 15) is 19.5 Å². The fourth-order valence-corrected chi connectivity index (χ4v) is 4.19. The molecule has 162 valence electrons. The number of carbonyl (C=O) groups is 3. The van der Waals surface area contributed by atoms with Crippen LogP contribution in [0.2, 0.25) is 0 Å². The molecule has 32 heavy (non-hydrogen) atoms. The van der Waals surface area contributed by atoms with Gasteiger partial charge in [-0.05, 0) is 53.9 Å². The summed E-state index contributed by atoms with van der Waals surface area (Å²) in [5.41, 5.74) is 1.21. The Balaban J connectivity index is 1.49. The maximum absolute atomic E-state index is 12.8. The first-order chi connectivity index (χ1) is 15.5. The Labute approximate surface area is 188 Å². The SMILES string of the molecule is CCOc1cc(/C=C2/SC(=O)N(CC(=O)Nc3cccc4ccccc34)C2=O)ccc1O. The molecule has 0 bridgehead atoms. The van der Waals surface area contributed by atoms with Gasteiger partial charge in [0.25, 0.3) is 11.1 Å². The van der Waals surface area contributed by atoms with Gasteiger partial charge in [0.05, 0.1) is 11.5 Å². The number of hydrogen-bond acceptors (Lipinski definition) is 6. The lowest BCUT2D eigenvalue weighted by Gasteiger charge is -2.13. The Bertz CT molecular complexity index is 1250. The van der Waals surface area contributed by atoms with Crippen LogP contribution in [0.4, 0.5) is 10.5 Å². The molecule has 0 unspecified atom stereocenters. The van der Waals surface area contributed by atoms with Gasteiger partial charge in [-0.25, -0.2) is 0 Å². The number of imide groups is 1. The van der Waals surface area contributed by atoms with Gasteiger partial charge in [0.15, 0.2) is 11.5 Å². The highest BCUT2D eigenvalue weighted by Gasteiger charge is 2.36. The van der Waals surface area contributed by atoms with Crippen LogP contribution in [0.3, 0.4) is 0 Å². The van der Waals surface area contributed by atoms with Crippen molar-refractivity contribution >= 4 is 51.4 Å². The van der Waals surface area contributed by atoms with Crippen LogP contribution in [-0.4, -0.2) is 40.2 Å². The highest BCUT2D eigenvalue weighted by atomic mass is 32.2. The standard InChI is InChI=1S/C24H20N2O5S/c1-2-31-20-12-15(10-11-19(20)27)13-21-23(29)26(24(30)32-21)14-22(28)25-18-9-5-7-16-6-3-4-8-17(16)18/h3-13,27H,2,14H2,1H3,(H,25,28)/b21-13+. The molecule has 8 heteroatoms. The predicted molar refractivity (Wildman–Crippen MR) is 125 cm³/mol. The molecule has 0 saturated carbocycles. The molecule has 0 atom stereocenters. The topological polar surface area (TPSA) is 95.9 Å². The monoisotopic (exact) mass is 448 g/mol. The number of ether oxygens (including phenoxy) is 1. The van der Waals surface area contributed by atoms with E-state index in [1.165, 1.54) is 12.1 Å². The molecule has 1 aliphatic rings. The van der Waals surface area contributed by atoms with Crippen molar-refractivity contribution in [1.82, 2.24) is 4.90 Å². The Hall–Kier alpha value is -3.78. The molecule has 1 fully saturated rings. The Morgan fingerprint density at radius 3 is 2.72 bits per heavy atom. The fraction of sp³-hybridized carbons (Fsp3) is 0.125. The van der Waals surface area contributed by atoms with Crippen LogP contribution in [0, 0.1) is 0 Å². The lowest BCUT2D eigenvalue weighted by atomic mass is 10.1. The van der Waals surface area contributed by atoms with Gasteiger partial charge in [0.1, 0.15) is 6.54 Å². The number of nitrogens with zero attached hydrogens (tertiary/aromatic N) is 1. The molecule has 3 amide bonds. The van der Waals surface area contributed by atoms with E-state index in [-0.39, 0.29) is 22.9 Å². The first-order valence-corrected chi connectivity index (χ1v) is 10.8. The minimum Gasteiger partial charge on any atom is -0.504 e. The van der Waals surface area contributed by atoms with Gasteiger partial charge in [0, 0.05) is 11.1 Å². The van der Waals surface area contributed by atoms with Crippen LogP contribution < -0.4 is 10.1 Å². The molecule has 4 rings (SSSR count). The van der Waals surface area contributed by atoms with Crippen LogP contribution in [-0.2, 0) is 9.59 Å². The number of phenolic OH excluding ortho intramolecular Hbond substituents is 1. The quantitative estimate of drug-likeness (QED) is 0.534. The summed E-state index contributed by atoms with van der Waals surface area (Å²) in [6, 6.07) is 17.8. The second-order valence-corrected chi connectivity index (χ2v) is 8.00. The van der Waals surface area contributed by atoms with Crippen molar-refractivity contribution in [3.63, 3.8) is 0 Å². The number of hydrogen-bond donors (Lipinski definition) is 2. The lowest BCUT2D eigenvalue weighted by Crippen LogP contribution is -2.36. The summed E-state index contributed by atoms with van der Waals surface area (Å²) in [6.07, 6.45) is 1.54. The maximum Gasteiger partial charge on any atom is 0.294 e. The first kappa shape index (κ1) is 21.5. The molecule has 1 saturated heterocycles. The predicted octanol–water partition coefficient (Wildman–Crippen LogP) is 4.62. The third kappa shape index (κ3) is 4.45. The van der Waals surface area contributed by atoms with Gasteiger partial charge in [0.2, 0.25) is 5.91 Å². The smallest absolute Gasteiger partial charge is 0.294 e. The molecule has 3 aromatic rings. The second-order valence-electron chi connectivity index (χ2n) is 7.00. The van der Waals surface area contributed by atoms with Crippen molar-refractivity contribution in [2.75, 3.05) is 18.5 Å². The van der Waals surface area contributed by atoms with Gasteiger partial charge in [-0.1, -0.05) is 42.5 Å². The molecular weight excluding hydrogens is 428 g/mol. The summed E-state index contributed by atoms with van der Waals surface area (Å²) < 4.78 is 5.35. The summed E-state index contributed by atoms with van der Waals surface area (Å²) in [5.74, 6) is -0.732. The average Bonchev–Trinajstić information content (AvgIpc) is 3.04. The Morgan fingerprint density at radius 2 is 1.91 bits per heavy atom. The second kappa shape index (κ2) is 9.15. The van der Waals surface area contributed by atoms with Crippen molar-refractivity contribution in [3.8, 4) is 11.5 Å². The van der Waals surface area contributed by atoms with Crippen LogP contribution in [0.5, 0.6) is 11.5 Å². The van der Waals surface area contributed by atoms with Gasteiger partial charge < -0.3 is 15.2 Å². The van der Waals surface area contributed by atoms with E-state index in [1.807, 2.05) is 36.4 Å². The van der Waals surface area contributed by atoms with Crippen molar-refractivity contribution in [2.45, 2.75) is 6.92 Å². The highest BCUT2D eigenvalue weighted by molar-refractivity contribution is 8.18. The highest BCUT2D eigenvalue weighted by Crippen LogP contribution is 2.34. The summed E-state index contributed by atoms with van der Waals surface area (Å²) in [7, 11) is 0. The number of fused-ring (bicyclic) bond motifs is 1. The average molecular weight is 449 g/mol. The van der Waals surface area contributed by atoms with Gasteiger partial charge in [-0.15, -0.1) is 0 Å². The first-order valence-electron chi connectivity index (χ1n) is 9.95. The largest absolute Gasteiger partial charge is 0.504 e. The molecule has 2 N–H and O–H groups in total. The van der Waals surface area contributed by atoms with Crippen molar-refractivity contribution in [2.24, 2.45) is 0 Å². The third-order valence-corrected chi connectivity index (χ3v) is 5.73. The van der Waals surface area contributed by atoms with E-state index in [4.69, 9.17) is 4.74 Å². The summed E-state index contributed by atoms with van der Waals surface area (Å²) in [6.45, 7) is 1.78. The number of thioether (sulfide) groups is 1. The minimum absolute atomic E-state index is 0.0118. The van der Waals surface area contributed by atoms with Crippen LogP contribution in [0.1, 0.15) is 12.5 Å². The maximum atomic E-state index is 12.8. The van der Waals surface area contributed by atoms with Crippen LogP contribution in [0.25, 0.3) is 16.8 Å². The Kier molecular flexibility index (Phi) is 6.13. The van der Waals surface area contributed by atoms with Crippen molar-refractivity contribution < 1.29 is 24.2 Å². The number of anilines is 1. The number of carbonyl (C=O) groups excluding carboxylic acids is 3. The van der Waals surface area contributed by atoms with E-state index in [0.29, 0.717) is 17.9 Å². The van der Waals surface area contributed by atoms with Gasteiger partial charge in [-0.3, -0.25) is 19.3 Å². The van der Waals surface area contributed by atoms with Crippen molar-refractivity contribution in [1.29, 1.82) is 0 Å². The van der Waals surface area contributed by atoms with E-state index in [0.717, 1.165) is 27.4 Å². The van der Waals surface area contributed by atoms with Crippen LogP contribution in [0.15, 0.2) is 65.6 Å². The zero-order valence-electron chi connectivity index (χ0n) is 17.2. The molecular formula is C24H20N2O5S. The van der Waals surface area contributed by atoms with Crippen LogP contribution >= 0.6 is 11.8 Å². The lowest BCUT2D eigenvalue weighted by molar-refractivity contribution is -0.127. The number of benzene rings is 3. The van der Waals surface area contributed by atoms with E-state index in [2.05, 4.69) is 5.32 Å². The Morgan fingerprint density at radius 1 is 1.12 bits per heavy atom. The molecule has 1 heterocycles.